The Labute approximate surface area is 126 Å². The lowest BCUT2D eigenvalue weighted by molar-refractivity contribution is -0.145. The van der Waals surface area contributed by atoms with Gasteiger partial charge in [0.2, 0.25) is 0 Å². The van der Waals surface area contributed by atoms with E-state index < -0.39 is 6.04 Å². The summed E-state index contributed by atoms with van der Waals surface area (Å²) in [6.45, 7) is 6.21. The van der Waals surface area contributed by atoms with Gasteiger partial charge in [-0.15, -0.1) is 0 Å². The Morgan fingerprint density at radius 1 is 1.14 bits per heavy atom. The van der Waals surface area contributed by atoms with E-state index in [0.29, 0.717) is 12.2 Å². The summed E-state index contributed by atoms with van der Waals surface area (Å²) < 4.78 is 5.13. The summed E-state index contributed by atoms with van der Waals surface area (Å²) in [4.78, 5) is 23.8. The molecule has 0 aliphatic carbocycles. The van der Waals surface area contributed by atoms with Crippen molar-refractivity contribution in [1.29, 1.82) is 0 Å². The second-order valence-electron chi connectivity index (χ2n) is 5.12. The SMILES string of the molecule is CCCCCOC(=O)C(C)NC(=O)c1ccc(CC)cc1. The zero-order valence-corrected chi connectivity index (χ0v) is 13.1. The molecule has 0 bridgehead atoms. The van der Waals surface area contributed by atoms with Gasteiger partial charge in [0, 0.05) is 5.56 Å². The zero-order valence-electron chi connectivity index (χ0n) is 13.1. The summed E-state index contributed by atoms with van der Waals surface area (Å²) in [6, 6.07) is 6.75. The highest BCUT2D eigenvalue weighted by molar-refractivity contribution is 5.96. The summed E-state index contributed by atoms with van der Waals surface area (Å²) in [5, 5.41) is 2.66. The van der Waals surface area contributed by atoms with Crippen molar-refractivity contribution >= 4 is 11.9 Å². The molecular formula is C17H25NO3. The van der Waals surface area contributed by atoms with Crippen LogP contribution in [0, 0.1) is 0 Å². The Bertz CT molecular complexity index is 454. The highest BCUT2D eigenvalue weighted by Gasteiger charge is 2.17. The van der Waals surface area contributed by atoms with Gasteiger partial charge < -0.3 is 10.1 Å². The number of hydrogen-bond donors (Lipinski definition) is 1. The van der Waals surface area contributed by atoms with E-state index in [2.05, 4.69) is 19.2 Å². The summed E-state index contributed by atoms with van der Waals surface area (Å²) in [5.41, 5.74) is 1.73. The molecule has 1 N–H and O–H groups in total. The molecule has 1 unspecified atom stereocenters. The van der Waals surface area contributed by atoms with Gasteiger partial charge in [-0.3, -0.25) is 4.79 Å². The largest absolute Gasteiger partial charge is 0.464 e. The van der Waals surface area contributed by atoms with E-state index in [9.17, 15) is 9.59 Å². The van der Waals surface area contributed by atoms with Crippen LogP contribution in [-0.2, 0) is 16.0 Å². The Balaban J connectivity index is 2.43. The van der Waals surface area contributed by atoms with Crippen molar-refractivity contribution in [3.63, 3.8) is 0 Å². The van der Waals surface area contributed by atoms with Crippen LogP contribution in [0.25, 0.3) is 0 Å². The van der Waals surface area contributed by atoms with Crippen molar-refractivity contribution in [2.75, 3.05) is 6.61 Å². The standard InChI is InChI=1S/C17H25NO3/c1-4-6-7-12-21-17(20)13(3)18-16(19)15-10-8-14(5-2)9-11-15/h8-11,13H,4-7,12H2,1-3H3,(H,18,19). The number of carbonyl (C=O) groups is 2. The third-order valence-corrected chi connectivity index (χ3v) is 3.32. The van der Waals surface area contributed by atoms with Gasteiger partial charge in [0.1, 0.15) is 6.04 Å². The van der Waals surface area contributed by atoms with Crippen LogP contribution < -0.4 is 5.32 Å². The molecule has 0 aliphatic heterocycles. The number of unbranched alkanes of at least 4 members (excludes halogenated alkanes) is 2. The fourth-order valence-corrected chi connectivity index (χ4v) is 1.88. The molecule has 0 spiro atoms. The van der Waals surface area contributed by atoms with Gasteiger partial charge >= 0.3 is 5.97 Å². The Hall–Kier alpha value is -1.84. The third kappa shape index (κ3) is 5.98. The summed E-state index contributed by atoms with van der Waals surface area (Å²) in [6.07, 6.45) is 3.92. The first-order valence-electron chi connectivity index (χ1n) is 7.64. The molecule has 1 atom stereocenters. The molecule has 0 heterocycles. The first-order chi connectivity index (χ1) is 10.1. The minimum Gasteiger partial charge on any atom is -0.464 e. The van der Waals surface area contributed by atoms with Crippen molar-refractivity contribution in [2.45, 2.75) is 52.5 Å². The fourth-order valence-electron chi connectivity index (χ4n) is 1.88. The van der Waals surface area contributed by atoms with Crippen LogP contribution in [0.2, 0.25) is 0 Å². The van der Waals surface area contributed by atoms with Gasteiger partial charge in [-0.2, -0.15) is 0 Å². The van der Waals surface area contributed by atoms with E-state index in [4.69, 9.17) is 4.74 Å². The average molecular weight is 291 g/mol. The molecule has 0 saturated heterocycles. The maximum Gasteiger partial charge on any atom is 0.328 e. The molecule has 0 aromatic heterocycles. The molecule has 1 aromatic rings. The molecule has 116 valence electrons. The van der Waals surface area contributed by atoms with Crippen molar-refractivity contribution in [1.82, 2.24) is 5.32 Å². The van der Waals surface area contributed by atoms with Crippen molar-refractivity contribution in [3.8, 4) is 0 Å². The number of carbonyl (C=O) groups excluding carboxylic acids is 2. The molecule has 1 aromatic carbocycles. The maximum absolute atomic E-state index is 12.0. The van der Waals surface area contributed by atoms with E-state index in [1.165, 1.54) is 5.56 Å². The van der Waals surface area contributed by atoms with E-state index in [1.807, 2.05) is 12.1 Å². The van der Waals surface area contributed by atoms with E-state index in [-0.39, 0.29) is 11.9 Å². The van der Waals surface area contributed by atoms with Crippen LogP contribution in [-0.4, -0.2) is 24.5 Å². The molecule has 4 nitrogen and oxygen atoms in total. The van der Waals surface area contributed by atoms with Crippen LogP contribution in [0.1, 0.15) is 56.0 Å². The lowest BCUT2D eigenvalue weighted by Crippen LogP contribution is -2.39. The van der Waals surface area contributed by atoms with Crippen LogP contribution in [0.3, 0.4) is 0 Å². The average Bonchev–Trinajstić information content (AvgIpc) is 2.51. The zero-order chi connectivity index (χ0) is 15.7. The van der Waals surface area contributed by atoms with Crippen LogP contribution in [0.4, 0.5) is 0 Å². The monoisotopic (exact) mass is 291 g/mol. The first kappa shape index (κ1) is 17.2. The number of esters is 1. The second kappa shape index (κ2) is 9.16. The van der Waals surface area contributed by atoms with Gasteiger partial charge in [0.25, 0.3) is 5.91 Å². The number of rotatable bonds is 8. The molecule has 1 amide bonds. The third-order valence-electron chi connectivity index (χ3n) is 3.32. The normalized spacial score (nSPS) is 11.8. The molecule has 21 heavy (non-hydrogen) atoms. The van der Waals surface area contributed by atoms with Gasteiger partial charge in [-0.25, -0.2) is 4.79 Å². The number of aryl methyl sites for hydroxylation is 1. The van der Waals surface area contributed by atoms with Crippen LogP contribution in [0.5, 0.6) is 0 Å². The highest BCUT2D eigenvalue weighted by Crippen LogP contribution is 2.05. The molecular weight excluding hydrogens is 266 g/mol. The van der Waals surface area contributed by atoms with Gasteiger partial charge in [0.15, 0.2) is 0 Å². The maximum atomic E-state index is 12.0. The quantitative estimate of drug-likeness (QED) is 0.591. The van der Waals surface area contributed by atoms with Crippen molar-refractivity contribution in [2.24, 2.45) is 0 Å². The molecule has 1 rings (SSSR count). The Morgan fingerprint density at radius 2 is 1.81 bits per heavy atom. The minimum atomic E-state index is -0.634. The topological polar surface area (TPSA) is 55.4 Å². The van der Waals surface area contributed by atoms with Crippen molar-refractivity contribution in [3.05, 3.63) is 35.4 Å². The van der Waals surface area contributed by atoms with Gasteiger partial charge in [0.05, 0.1) is 6.61 Å². The summed E-state index contributed by atoms with van der Waals surface area (Å²) in [7, 11) is 0. The van der Waals surface area contributed by atoms with Gasteiger partial charge in [-0.05, 0) is 37.5 Å². The number of ether oxygens (including phenoxy) is 1. The fraction of sp³-hybridized carbons (Fsp3) is 0.529. The molecule has 0 radical (unpaired) electrons. The molecule has 0 aliphatic rings. The lowest BCUT2D eigenvalue weighted by atomic mass is 10.1. The summed E-state index contributed by atoms with van der Waals surface area (Å²) in [5.74, 6) is -0.639. The molecule has 0 saturated carbocycles. The Kier molecular flexibility index (Phi) is 7.51. The molecule has 0 fully saturated rings. The smallest absolute Gasteiger partial charge is 0.328 e. The van der Waals surface area contributed by atoms with Crippen LogP contribution >= 0.6 is 0 Å². The molecule has 4 heteroatoms. The van der Waals surface area contributed by atoms with Gasteiger partial charge in [-0.1, -0.05) is 38.8 Å². The predicted octanol–water partition coefficient (Wildman–Crippen LogP) is 3.10. The predicted molar refractivity (Wildman–Crippen MR) is 83.2 cm³/mol. The number of hydrogen-bond acceptors (Lipinski definition) is 3. The summed E-state index contributed by atoms with van der Waals surface area (Å²) >= 11 is 0. The Morgan fingerprint density at radius 3 is 2.38 bits per heavy atom. The van der Waals surface area contributed by atoms with E-state index in [1.54, 1.807) is 19.1 Å². The minimum absolute atomic E-state index is 0.254. The van der Waals surface area contributed by atoms with Crippen LogP contribution in [0.15, 0.2) is 24.3 Å². The number of benzene rings is 1. The first-order valence-corrected chi connectivity index (χ1v) is 7.64. The second-order valence-corrected chi connectivity index (χ2v) is 5.12. The van der Waals surface area contributed by atoms with Crippen molar-refractivity contribution < 1.29 is 14.3 Å². The highest BCUT2D eigenvalue weighted by atomic mass is 16.5. The number of amides is 1. The van der Waals surface area contributed by atoms with E-state index in [0.717, 1.165) is 25.7 Å². The van der Waals surface area contributed by atoms with E-state index >= 15 is 0 Å². The number of nitrogens with one attached hydrogen (secondary N) is 1. The lowest BCUT2D eigenvalue weighted by Gasteiger charge is -2.13.